The highest BCUT2D eigenvalue weighted by Crippen LogP contribution is 2.47. The molecule has 2 saturated carbocycles. The van der Waals surface area contributed by atoms with Crippen molar-refractivity contribution in [1.82, 2.24) is 4.90 Å². The Labute approximate surface area is 179 Å². The first-order valence-electron chi connectivity index (χ1n) is 11.1. The van der Waals surface area contributed by atoms with Crippen molar-refractivity contribution >= 4 is 11.6 Å². The van der Waals surface area contributed by atoms with Crippen LogP contribution in [-0.4, -0.2) is 36.4 Å². The summed E-state index contributed by atoms with van der Waals surface area (Å²) >= 11 is 0. The molecule has 1 N–H and O–H groups in total. The lowest BCUT2D eigenvalue weighted by atomic mass is 9.65. The molecule has 3 aliphatic rings. The van der Waals surface area contributed by atoms with Crippen LogP contribution in [0.25, 0.3) is 0 Å². The van der Waals surface area contributed by atoms with E-state index in [1.807, 2.05) is 0 Å². The van der Waals surface area contributed by atoms with Gasteiger partial charge in [-0.1, -0.05) is 0 Å². The van der Waals surface area contributed by atoms with Crippen molar-refractivity contribution in [2.45, 2.75) is 63.7 Å². The Morgan fingerprint density at radius 1 is 1.03 bits per heavy atom. The van der Waals surface area contributed by atoms with Crippen LogP contribution in [0.2, 0.25) is 0 Å². The lowest BCUT2D eigenvalue weighted by molar-refractivity contribution is -0.123. The van der Waals surface area contributed by atoms with Crippen molar-refractivity contribution in [2.75, 3.05) is 25.0 Å². The highest BCUT2D eigenvalue weighted by molar-refractivity contribution is 5.92. The molecule has 31 heavy (non-hydrogen) atoms. The predicted octanol–water partition coefficient (Wildman–Crippen LogP) is 6.02. The van der Waals surface area contributed by atoms with Gasteiger partial charge in [-0.15, -0.1) is 0 Å². The van der Waals surface area contributed by atoms with Gasteiger partial charge in [0.25, 0.3) is 6.43 Å². The molecule has 1 aromatic rings. The van der Waals surface area contributed by atoms with Gasteiger partial charge in [-0.05, 0) is 68.1 Å². The first-order chi connectivity index (χ1) is 14.6. The maximum atomic E-state index is 13.6. The number of benzene rings is 1. The van der Waals surface area contributed by atoms with Gasteiger partial charge in [0.2, 0.25) is 11.8 Å². The van der Waals surface area contributed by atoms with Crippen molar-refractivity contribution in [2.24, 2.45) is 17.3 Å². The molecule has 0 radical (unpaired) electrons. The van der Waals surface area contributed by atoms with Gasteiger partial charge in [-0.3, -0.25) is 4.79 Å². The Balaban J connectivity index is 1.22. The molecule has 0 aromatic heterocycles. The van der Waals surface area contributed by atoms with Gasteiger partial charge in [0, 0.05) is 49.6 Å². The zero-order valence-electron chi connectivity index (χ0n) is 17.5. The van der Waals surface area contributed by atoms with Gasteiger partial charge >= 0.3 is 0 Å². The Hall–Kier alpha value is -1.70. The molecule has 1 saturated heterocycles. The molecule has 172 valence electrons. The van der Waals surface area contributed by atoms with Crippen LogP contribution in [0.5, 0.6) is 0 Å². The van der Waals surface area contributed by atoms with Crippen molar-refractivity contribution in [1.29, 1.82) is 0 Å². The third kappa shape index (κ3) is 5.38. The monoisotopic (exact) mass is 444 g/mol. The fourth-order valence-corrected chi connectivity index (χ4v) is 5.54. The van der Waals surface area contributed by atoms with E-state index in [1.165, 1.54) is 0 Å². The van der Waals surface area contributed by atoms with E-state index in [0.29, 0.717) is 31.6 Å². The molecule has 3 fully saturated rings. The predicted molar refractivity (Wildman–Crippen MR) is 108 cm³/mol. The first-order valence-corrected chi connectivity index (χ1v) is 11.1. The molecule has 0 bridgehead atoms. The van der Waals surface area contributed by atoms with E-state index >= 15 is 0 Å². The van der Waals surface area contributed by atoms with E-state index in [4.69, 9.17) is 0 Å². The number of likely N-dealkylation sites (tertiary alicyclic amines) is 1. The van der Waals surface area contributed by atoms with Crippen LogP contribution in [0, 0.1) is 23.1 Å². The molecule has 3 nitrogen and oxygen atoms in total. The molecule has 2 aliphatic carbocycles. The van der Waals surface area contributed by atoms with Crippen LogP contribution in [0.15, 0.2) is 18.2 Å². The molecule has 1 amide bonds. The van der Waals surface area contributed by atoms with Crippen molar-refractivity contribution in [3.8, 4) is 0 Å². The van der Waals surface area contributed by atoms with Crippen molar-refractivity contribution < 1.29 is 26.7 Å². The quantitative estimate of drug-likeness (QED) is 0.564. The molecule has 4 rings (SSSR count). The minimum absolute atomic E-state index is 0.00242. The van der Waals surface area contributed by atoms with Gasteiger partial charge < -0.3 is 10.2 Å². The van der Waals surface area contributed by atoms with Crippen molar-refractivity contribution in [3.63, 3.8) is 0 Å². The summed E-state index contributed by atoms with van der Waals surface area (Å²) in [5.41, 5.74) is -0.181. The second kappa shape index (κ2) is 8.68. The minimum Gasteiger partial charge on any atom is -0.326 e. The summed E-state index contributed by atoms with van der Waals surface area (Å²) in [7, 11) is 0. The average molecular weight is 444 g/mol. The van der Waals surface area contributed by atoms with Crippen LogP contribution in [0.1, 0.15) is 63.4 Å². The number of rotatable bonds is 5. The largest absolute Gasteiger partial charge is 0.326 e. The highest BCUT2D eigenvalue weighted by atomic mass is 19.3. The number of nitrogens with zero attached hydrogens (tertiary/aromatic N) is 1. The molecule has 1 heterocycles. The number of carbonyl (C=O) groups excluding carboxylic acids is 1. The highest BCUT2D eigenvalue weighted by Gasteiger charge is 2.47. The Bertz CT molecular complexity index is 789. The Kier molecular flexibility index (Phi) is 6.30. The number of amides is 1. The number of carbonyl (C=O) groups is 1. The second-order valence-corrected chi connectivity index (χ2v) is 9.81. The fourth-order valence-electron chi connectivity index (χ4n) is 5.54. The summed E-state index contributed by atoms with van der Waals surface area (Å²) in [5, 5.41) is 2.60. The summed E-state index contributed by atoms with van der Waals surface area (Å²) in [5.74, 6) is -3.40. The molecule has 1 aliphatic heterocycles. The first kappa shape index (κ1) is 22.5. The molecule has 0 atom stereocenters. The van der Waals surface area contributed by atoms with Gasteiger partial charge in [-0.2, -0.15) is 0 Å². The summed E-state index contributed by atoms with van der Waals surface area (Å²) in [6.07, 6.45) is 1.63. The zero-order chi connectivity index (χ0) is 22.2. The number of nitrogens with one attached hydrogen (secondary N) is 1. The average Bonchev–Trinajstić information content (AvgIpc) is 2.68. The SMILES string of the molecule is O=C(Nc1cc(F)cc(C(F)F)c1)C1CCC2(CC1)CN(CC1CCC(F)(F)CC1)C2. The van der Waals surface area contributed by atoms with Gasteiger partial charge in [0.1, 0.15) is 5.82 Å². The number of anilines is 1. The summed E-state index contributed by atoms with van der Waals surface area (Å²) in [6, 6.07) is 2.94. The van der Waals surface area contributed by atoms with E-state index in [2.05, 4.69) is 10.2 Å². The van der Waals surface area contributed by atoms with Crippen LogP contribution in [0.4, 0.5) is 27.6 Å². The second-order valence-electron chi connectivity index (χ2n) is 9.81. The number of alkyl halides is 4. The number of hydrogen-bond acceptors (Lipinski definition) is 2. The number of halogens is 5. The van der Waals surface area contributed by atoms with Crippen molar-refractivity contribution in [3.05, 3.63) is 29.6 Å². The van der Waals surface area contributed by atoms with Gasteiger partial charge in [0.05, 0.1) is 0 Å². The standard InChI is InChI=1S/C23H29F5N2O/c24-18-9-17(20(25)26)10-19(11-18)29-21(31)16-3-5-22(6-4-16)13-30(14-22)12-15-1-7-23(27,28)8-2-15/h9-11,15-16,20H,1-8,12-14H2,(H,29,31). The fraction of sp³-hybridized carbons (Fsp3) is 0.696. The lowest BCUT2D eigenvalue weighted by Gasteiger charge is -2.54. The molecular weight excluding hydrogens is 415 g/mol. The van der Waals surface area contributed by atoms with Crippen LogP contribution in [-0.2, 0) is 4.79 Å². The molecule has 1 aromatic carbocycles. The topological polar surface area (TPSA) is 32.3 Å². The minimum atomic E-state index is -2.80. The van der Waals surface area contributed by atoms with Crippen LogP contribution >= 0.6 is 0 Å². The van der Waals surface area contributed by atoms with E-state index < -0.39 is 23.7 Å². The van der Waals surface area contributed by atoms with Gasteiger partial charge in [0.15, 0.2) is 0 Å². The van der Waals surface area contributed by atoms with E-state index in [0.717, 1.165) is 50.7 Å². The summed E-state index contributed by atoms with van der Waals surface area (Å²) in [6.45, 7) is 2.79. The zero-order valence-corrected chi connectivity index (χ0v) is 17.5. The smallest absolute Gasteiger partial charge is 0.264 e. The Morgan fingerprint density at radius 3 is 2.29 bits per heavy atom. The Morgan fingerprint density at radius 2 is 1.68 bits per heavy atom. The molecule has 1 spiro atoms. The lowest BCUT2D eigenvalue weighted by Crippen LogP contribution is -2.59. The number of hydrogen-bond donors (Lipinski definition) is 1. The summed E-state index contributed by atoms with van der Waals surface area (Å²) in [4.78, 5) is 14.9. The van der Waals surface area contributed by atoms with Crippen LogP contribution in [0.3, 0.4) is 0 Å². The maximum Gasteiger partial charge on any atom is 0.264 e. The molecular formula is C23H29F5N2O. The van der Waals surface area contributed by atoms with E-state index in [-0.39, 0.29) is 35.8 Å². The molecule has 0 unspecified atom stereocenters. The molecule has 8 heteroatoms. The van der Waals surface area contributed by atoms with E-state index in [1.54, 1.807) is 0 Å². The third-order valence-electron chi connectivity index (χ3n) is 7.33. The van der Waals surface area contributed by atoms with Gasteiger partial charge in [-0.25, -0.2) is 22.0 Å². The normalized spacial score (nSPS) is 24.3. The summed E-state index contributed by atoms with van der Waals surface area (Å²) < 4.78 is 65.9. The van der Waals surface area contributed by atoms with Crippen LogP contribution < -0.4 is 5.32 Å². The maximum absolute atomic E-state index is 13.6. The van der Waals surface area contributed by atoms with E-state index in [9.17, 15) is 26.7 Å². The third-order valence-corrected chi connectivity index (χ3v) is 7.33.